The van der Waals surface area contributed by atoms with E-state index in [1.165, 1.54) is 84.3 Å². The van der Waals surface area contributed by atoms with E-state index in [1.807, 2.05) is 0 Å². The highest BCUT2D eigenvalue weighted by Crippen LogP contribution is 2.40. The van der Waals surface area contributed by atoms with Gasteiger partial charge < -0.3 is 15.5 Å². The van der Waals surface area contributed by atoms with E-state index in [1.54, 1.807) is 0 Å². The van der Waals surface area contributed by atoms with Gasteiger partial charge in [0, 0.05) is 56.3 Å². The molecule has 4 rings (SSSR count). The summed E-state index contributed by atoms with van der Waals surface area (Å²) in [7, 11) is 0. The van der Waals surface area contributed by atoms with E-state index < -0.39 is 0 Å². The molecule has 4 fully saturated rings. The van der Waals surface area contributed by atoms with Crippen molar-refractivity contribution in [1.29, 1.82) is 0 Å². The van der Waals surface area contributed by atoms with Gasteiger partial charge in [0.15, 0.2) is 0 Å². The minimum absolute atomic E-state index is 0.563. The third-order valence-corrected chi connectivity index (χ3v) is 7.81. The first-order valence-electron chi connectivity index (χ1n) is 10.9. The molecule has 0 aromatic carbocycles. The monoisotopic (exact) mass is 348 g/mol. The quantitative estimate of drug-likeness (QED) is 0.816. The number of piperidine rings is 2. The van der Waals surface area contributed by atoms with Gasteiger partial charge in [-0.15, -0.1) is 0 Å². The molecule has 3 atom stereocenters. The summed E-state index contributed by atoms with van der Waals surface area (Å²) in [5.41, 5.74) is 1.19. The number of nitrogens with zero attached hydrogens (tertiary/aromatic N) is 2. The molecule has 4 heterocycles. The van der Waals surface area contributed by atoms with Crippen LogP contribution < -0.4 is 10.6 Å². The van der Waals surface area contributed by atoms with Crippen molar-refractivity contribution >= 4 is 0 Å². The van der Waals surface area contributed by atoms with Gasteiger partial charge in [0.25, 0.3) is 0 Å². The summed E-state index contributed by atoms with van der Waals surface area (Å²) in [5, 5.41) is 7.44. The van der Waals surface area contributed by atoms with Gasteiger partial charge in [0.1, 0.15) is 0 Å². The van der Waals surface area contributed by atoms with E-state index in [9.17, 15) is 0 Å². The maximum Gasteiger partial charge on any atom is 0.00883 e. The van der Waals surface area contributed by atoms with Gasteiger partial charge in [-0.25, -0.2) is 0 Å². The Morgan fingerprint density at radius 3 is 2.28 bits per heavy atom. The van der Waals surface area contributed by atoms with Crippen molar-refractivity contribution in [2.24, 2.45) is 10.8 Å². The van der Waals surface area contributed by atoms with Gasteiger partial charge in [-0.05, 0) is 77.8 Å². The molecule has 2 spiro atoms. The van der Waals surface area contributed by atoms with Crippen molar-refractivity contribution in [3.05, 3.63) is 0 Å². The van der Waals surface area contributed by atoms with Crippen LogP contribution in [-0.4, -0.2) is 73.7 Å². The van der Waals surface area contributed by atoms with E-state index in [2.05, 4.69) is 41.2 Å². The fraction of sp³-hybridized carbons (Fsp3) is 1.00. The number of hydrogen-bond acceptors (Lipinski definition) is 4. The standard InChI is InChI=1S/C21H40N4/c1-17(2)24-8-4-6-20(15-24)11-19(23-14-20)10-18(3)25-9-5-7-21(16-25)12-22-13-21/h17-19,22-23H,4-16H2,1-3H3. The molecule has 0 saturated carbocycles. The Labute approximate surface area is 155 Å². The average molecular weight is 349 g/mol. The Bertz CT molecular complexity index is 461. The molecule has 4 saturated heterocycles. The third-order valence-electron chi connectivity index (χ3n) is 7.81. The molecule has 0 aromatic rings. The van der Waals surface area contributed by atoms with E-state index in [0.29, 0.717) is 16.9 Å². The number of hydrogen-bond donors (Lipinski definition) is 2. The zero-order chi connectivity index (χ0) is 17.5. The van der Waals surface area contributed by atoms with E-state index >= 15 is 0 Å². The Kier molecular flexibility index (Phi) is 5.18. The van der Waals surface area contributed by atoms with Crippen molar-refractivity contribution < 1.29 is 0 Å². The van der Waals surface area contributed by atoms with Crippen molar-refractivity contribution in [3.63, 3.8) is 0 Å². The Balaban J connectivity index is 1.30. The first kappa shape index (κ1) is 18.2. The summed E-state index contributed by atoms with van der Waals surface area (Å²) >= 11 is 0. The first-order chi connectivity index (χ1) is 12.0. The summed E-state index contributed by atoms with van der Waals surface area (Å²) in [6.07, 6.45) is 8.42. The second-order valence-corrected chi connectivity index (χ2v) is 10.2. The largest absolute Gasteiger partial charge is 0.315 e. The lowest BCUT2D eigenvalue weighted by Crippen LogP contribution is -2.62. The zero-order valence-corrected chi connectivity index (χ0v) is 16.8. The van der Waals surface area contributed by atoms with E-state index in [-0.39, 0.29) is 0 Å². The predicted molar refractivity (Wildman–Crippen MR) is 105 cm³/mol. The predicted octanol–water partition coefficient (Wildman–Crippen LogP) is 2.30. The topological polar surface area (TPSA) is 30.5 Å². The molecule has 25 heavy (non-hydrogen) atoms. The van der Waals surface area contributed by atoms with Crippen LogP contribution in [0.4, 0.5) is 0 Å². The summed E-state index contributed by atoms with van der Waals surface area (Å²) < 4.78 is 0. The molecule has 0 amide bonds. The molecule has 0 aromatic heterocycles. The molecule has 144 valence electrons. The van der Waals surface area contributed by atoms with Gasteiger partial charge in [0.2, 0.25) is 0 Å². The first-order valence-corrected chi connectivity index (χ1v) is 10.9. The van der Waals surface area contributed by atoms with Crippen LogP contribution in [-0.2, 0) is 0 Å². The second-order valence-electron chi connectivity index (χ2n) is 10.2. The fourth-order valence-electron chi connectivity index (χ4n) is 6.14. The lowest BCUT2D eigenvalue weighted by molar-refractivity contribution is 0.0177. The fourth-order valence-corrected chi connectivity index (χ4v) is 6.14. The molecule has 4 heteroatoms. The highest BCUT2D eigenvalue weighted by atomic mass is 15.2. The minimum Gasteiger partial charge on any atom is -0.315 e. The van der Waals surface area contributed by atoms with E-state index in [4.69, 9.17) is 0 Å². The lowest BCUT2D eigenvalue weighted by Gasteiger charge is -2.51. The Morgan fingerprint density at radius 1 is 0.920 bits per heavy atom. The summed E-state index contributed by atoms with van der Waals surface area (Å²) in [5.74, 6) is 0. The third kappa shape index (κ3) is 3.78. The molecule has 4 aliphatic heterocycles. The molecule has 4 aliphatic rings. The zero-order valence-electron chi connectivity index (χ0n) is 16.8. The SMILES string of the molecule is CC(C)N1CCCC2(CNC(CC(C)N3CCCC4(CNC4)C3)C2)C1. The average Bonchev–Trinajstić information content (AvgIpc) is 2.95. The highest BCUT2D eigenvalue weighted by molar-refractivity contribution is 5.01. The van der Waals surface area contributed by atoms with Crippen molar-refractivity contribution in [3.8, 4) is 0 Å². The van der Waals surface area contributed by atoms with Crippen molar-refractivity contribution in [1.82, 2.24) is 20.4 Å². The molecule has 2 N–H and O–H groups in total. The van der Waals surface area contributed by atoms with E-state index in [0.717, 1.165) is 12.1 Å². The smallest absolute Gasteiger partial charge is 0.00883 e. The molecular formula is C21H40N4. The van der Waals surface area contributed by atoms with Gasteiger partial charge >= 0.3 is 0 Å². The van der Waals surface area contributed by atoms with Gasteiger partial charge in [0.05, 0.1) is 0 Å². The van der Waals surface area contributed by atoms with Gasteiger partial charge in [-0.1, -0.05) is 0 Å². The van der Waals surface area contributed by atoms with Crippen LogP contribution >= 0.6 is 0 Å². The maximum atomic E-state index is 3.93. The number of rotatable bonds is 4. The number of nitrogens with one attached hydrogen (secondary N) is 2. The van der Waals surface area contributed by atoms with Crippen LogP contribution in [0.15, 0.2) is 0 Å². The minimum atomic E-state index is 0.563. The van der Waals surface area contributed by atoms with Gasteiger partial charge in [-0.2, -0.15) is 0 Å². The molecular weight excluding hydrogens is 308 g/mol. The van der Waals surface area contributed by atoms with Crippen LogP contribution in [0.3, 0.4) is 0 Å². The van der Waals surface area contributed by atoms with Crippen LogP contribution in [0.1, 0.15) is 59.3 Å². The highest BCUT2D eigenvalue weighted by Gasteiger charge is 2.44. The summed E-state index contributed by atoms with van der Waals surface area (Å²) in [6, 6.07) is 2.17. The summed E-state index contributed by atoms with van der Waals surface area (Å²) in [6.45, 7) is 16.3. The van der Waals surface area contributed by atoms with Crippen molar-refractivity contribution in [2.75, 3.05) is 45.8 Å². The van der Waals surface area contributed by atoms with Crippen LogP contribution in [0.25, 0.3) is 0 Å². The lowest BCUT2D eigenvalue weighted by atomic mass is 9.74. The van der Waals surface area contributed by atoms with Gasteiger partial charge in [-0.3, -0.25) is 4.90 Å². The van der Waals surface area contributed by atoms with Crippen LogP contribution in [0.2, 0.25) is 0 Å². The normalized spacial score (nSPS) is 37.7. The Morgan fingerprint density at radius 2 is 1.60 bits per heavy atom. The second kappa shape index (κ2) is 7.10. The number of likely N-dealkylation sites (tertiary alicyclic amines) is 2. The molecule has 0 radical (unpaired) electrons. The van der Waals surface area contributed by atoms with Crippen LogP contribution in [0, 0.1) is 10.8 Å². The molecule has 0 bridgehead atoms. The van der Waals surface area contributed by atoms with Crippen molar-refractivity contribution in [2.45, 2.75) is 77.4 Å². The maximum absolute atomic E-state index is 3.93. The molecule has 3 unspecified atom stereocenters. The summed E-state index contributed by atoms with van der Waals surface area (Å²) in [4.78, 5) is 5.52. The molecule has 4 nitrogen and oxygen atoms in total. The Hall–Kier alpha value is -0.160. The molecule has 0 aliphatic carbocycles. The van der Waals surface area contributed by atoms with Crippen LogP contribution in [0.5, 0.6) is 0 Å².